The fourth-order valence-electron chi connectivity index (χ4n) is 2.69. The second kappa shape index (κ2) is 19.4. The number of hydrogen-bond acceptors (Lipinski definition) is 3. The van der Waals surface area contributed by atoms with Gasteiger partial charge in [0.05, 0.1) is 7.11 Å². The summed E-state index contributed by atoms with van der Waals surface area (Å²) >= 11 is 5.78. The first kappa shape index (κ1) is 31.9. The molecule has 3 nitrogen and oxygen atoms in total. The molecule has 0 aliphatic rings. The number of benzene rings is 3. The third-order valence-corrected chi connectivity index (χ3v) is 4.40. The number of halogens is 1. The molecule has 32 heavy (non-hydrogen) atoms. The molecule has 0 atom stereocenters. The van der Waals surface area contributed by atoms with Crippen molar-refractivity contribution in [1.82, 2.24) is 4.90 Å². The summed E-state index contributed by atoms with van der Waals surface area (Å²) in [6.45, 7) is 3.78. The Morgan fingerprint density at radius 1 is 0.812 bits per heavy atom. The minimum Gasteiger partial charge on any atom is -0.497 e. The Morgan fingerprint density at radius 2 is 1.41 bits per heavy atom. The molecular formula is C28H43ClN2O. The van der Waals surface area contributed by atoms with E-state index in [1.807, 2.05) is 48.5 Å². The van der Waals surface area contributed by atoms with Crippen molar-refractivity contribution in [3.8, 4) is 5.75 Å². The Kier molecular flexibility index (Phi) is 19.3. The fourth-order valence-corrected chi connectivity index (χ4v) is 2.90. The average molecular weight is 459 g/mol. The predicted molar refractivity (Wildman–Crippen MR) is 144 cm³/mol. The molecule has 0 bridgehead atoms. The van der Waals surface area contributed by atoms with Crippen LogP contribution in [0, 0.1) is 0 Å². The Labute approximate surface area is 202 Å². The highest BCUT2D eigenvalue weighted by atomic mass is 35.5. The van der Waals surface area contributed by atoms with Gasteiger partial charge in [-0.05, 0) is 61.5 Å². The fraction of sp³-hybridized carbons (Fsp3) is 0.357. The highest BCUT2D eigenvalue weighted by molar-refractivity contribution is 6.30. The highest BCUT2D eigenvalue weighted by Crippen LogP contribution is 2.11. The maximum absolute atomic E-state index is 5.78. The number of rotatable bonds is 6. The molecular weight excluding hydrogens is 416 g/mol. The van der Waals surface area contributed by atoms with Gasteiger partial charge in [-0.3, -0.25) is 0 Å². The molecule has 2 N–H and O–H groups in total. The zero-order valence-corrected chi connectivity index (χ0v) is 19.4. The number of nitrogens with two attached hydrogens (primary N) is 1. The van der Waals surface area contributed by atoms with Gasteiger partial charge in [-0.1, -0.05) is 94.4 Å². The first-order valence-electron chi connectivity index (χ1n) is 10.2. The molecule has 0 aliphatic heterocycles. The van der Waals surface area contributed by atoms with E-state index in [1.165, 1.54) is 17.5 Å². The topological polar surface area (TPSA) is 38.5 Å². The molecule has 0 unspecified atom stereocenters. The largest absolute Gasteiger partial charge is 0.497 e. The van der Waals surface area contributed by atoms with Crippen molar-refractivity contribution < 1.29 is 4.74 Å². The van der Waals surface area contributed by atoms with Crippen molar-refractivity contribution in [1.29, 1.82) is 0 Å². The smallest absolute Gasteiger partial charge is 0.118 e. The molecule has 0 aliphatic carbocycles. The molecule has 178 valence electrons. The summed E-state index contributed by atoms with van der Waals surface area (Å²) in [5.74, 6) is 0.872. The van der Waals surface area contributed by atoms with E-state index < -0.39 is 0 Å². The van der Waals surface area contributed by atoms with Crippen molar-refractivity contribution >= 4 is 11.6 Å². The Balaban J connectivity index is 0. The van der Waals surface area contributed by atoms with Crippen LogP contribution in [0.2, 0.25) is 5.02 Å². The van der Waals surface area contributed by atoms with E-state index in [2.05, 4.69) is 56.3 Å². The lowest BCUT2D eigenvalue weighted by atomic mass is 10.1. The van der Waals surface area contributed by atoms with Gasteiger partial charge < -0.3 is 15.4 Å². The number of methoxy groups -OCH3 is 1. The monoisotopic (exact) mass is 458 g/mol. The van der Waals surface area contributed by atoms with Crippen molar-refractivity contribution in [2.45, 2.75) is 47.7 Å². The van der Waals surface area contributed by atoms with Crippen LogP contribution in [0.4, 0.5) is 0 Å². The second-order valence-corrected chi connectivity index (χ2v) is 7.59. The molecule has 0 heterocycles. The first-order valence-corrected chi connectivity index (χ1v) is 10.6. The summed E-state index contributed by atoms with van der Waals surface area (Å²) < 4.78 is 4.97. The van der Waals surface area contributed by atoms with E-state index >= 15 is 0 Å². The Morgan fingerprint density at radius 3 is 1.88 bits per heavy atom. The number of hydrogen-bond donors (Lipinski definition) is 1. The summed E-state index contributed by atoms with van der Waals surface area (Å²) in [7, 11) is 5.80. The second-order valence-electron chi connectivity index (χ2n) is 7.16. The van der Waals surface area contributed by atoms with Gasteiger partial charge >= 0.3 is 0 Å². The van der Waals surface area contributed by atoms with E-state index in [0.717, 1.165) is 29.3 Å². The van der Waals surface area contributed by atoms with Gasteiger partial charge in [-0.25, -0.2) is 0 Å². The van der Waals surface area contributed by atoms with Gasteiger partial charge in [0.2, 0.25) is 0 Å². The van der Waals surface area contributed by atoms with Gasteiger partial charge in [0.1, 0.15) is 5.75 Å². The third-order valence-electron chi connectivity index (χ3n) is 4.16. The standard InChI is InChI=1S/C9H11Cl.C9H13N.C8H11NO.2CH4/c1-2-4-8-5-3-6-9(10)7-8;1-10(2)8-9-6-4-3-5-7-9;1-10-8-4-2-7(6-9)3-5-8;;/h3,5-7H,2,4H2,1H3;3-7H,8H2,1-2H3;2-5H,6,9H2,1H3;2*1H4. The van der Waals surface area contributed by atoms with E-state index in [9.17, 15) is 0 Å². The van der Waals surface area contributed by atoms with Crippen LogP contribution in [-0.4, -0.2) is 26.1 Å². The van der Waals surface area contributed by atoms with Crippen molar-refractivity contribution in [3.63, 3.8) is 0 Å². The quantitative estimate of drug-likeness (QED) is 0.416. The molecule has 0 spiro atoms. The molecule has 3 rings (SSSR count). The van der Waals surface area contributed by atoms with E-state index in [4.69, 9.17) is 22.1 Å². The van der Waals surface area contributed by atoms with Gasteiger partial charge in [-0.2, -0.15) is 0 Å². The van der Waals surface area contributed by atoms with Crippen LogP contribution >= 0.6 is 11.6 Å². The number of nitrogens with zero attached hydrogens (tertiary/aromatic N) is 1. The van der Waals surface area contributed by atoms with E-state index in [-0.39, 0.29) is 14.9 Å². The van der Waals surface area contributed by atoms with E-state index in [0.29, 0.717) is 6.54 Å². The van der Waals surface area contributed by atoms with Crippen LogP contribution in [0.1, 0.15) is 44.9 Å². The molecule has 0 aromatic heterocycles. The summed E-state index contributed by atoms with van der Waals surface area (Å²) in [4.78, 5) is 2.16. The maximum atomic E-state index is 5.78. The Bertz CT molecular complexity index is 782. The van der Waals surface area contributed by atoms with Crippen LogP contribution in [0.25, 0.3) is 0 Å². The van der Waals surface area contributed by atoms with Gasteiger partial charge in [0, 0.05) is 18.1 Å². The molecule has 0 saturated heterocycles. The summed E-state index contributed by atoms with van der Waals surface area (Å²) in [5, 5.41) is 0.839. The zero-order chi connectivity index (χ0) is 22.2. The van der Waals surface area contributed by atoms with Crippen LogP contribution in [0.3, 0.4) is 0 Å². The lowest BCUT2D eigenvalue weighted by molar-refractivity contribution is 0.402. The van der Waals surface area contributed by atoms with Crippen molar-refractivity contribution in [2.24, 2.45) is 5.73 Å². The number of ether oxygens (including phenoxy) is 1. The molecule has 3 aromatic rings. The first-order chi connectivity index (χ1) is 14.5. The summed E-state index contributed by atoms with van der Waals surface area (Å²) in [6.07, 6.45) is 2.31. The third kappa shape index (κ3) is 14.6. The predicted octanol–water partition coefficient (Wildman–Crippen LogP) is 7.47. The zero-order valence-electron chi connectivity index (χ0n) is 18.6. The van der Waals surface area contributed by atoms with Gasteiger partial charge in [-0.15, -0.1) is 0 Å². The maximum Gasteiger partial charge on any atom is 0.118 e. The molecule has 4 heteroatoms. The molecule has 0 radical (unpaired) electrons. The Hall–Kier alpha value is -2.33. The summed E-state index contributed by atoms with van der Waals surface area (Å²) in [6, 6.07) is 26.2. The number of aryl methyl sites for hydroxylation is 1. The lowest BCUT2D eigenvalue weighted by Crippen LogP contribution is -2.10. The van der Waals surface area contributed by atoms with Crippen LogP contribution in [-0.2, 0) is 19.5 Å². The molecule has 3 aromatic carbocycles. The lowest BCUT2D eigenvalue weighted by Gasteiger charge is -2.08. The SMILES string of the molecule is C.C.CCCc1cccc(Cl)c1.CN(C)Cc1ccccc1.COc1ccc(CN)cc1. The van der Waals surface area contributed by atoms with Crippen LogP contribution < -0.4 is 10.5 Å². The molecule has 0 fully saturated rings. The normalized spacial score (nSPS) is 9.22. The highest BCUT2D eigenvalue weighted by Gasteiger charge is 1.91. The van der Waals surface area contributed by atoms with Gasteiger partial charge in [0.25, 0.3) is 0 Å². The molecule has 0 saturated carbocycles. The minimum atomic E-state index is 0. The van der Waals surface area contributed by atoms with Crippen molar-refractivity contribution in [2.75, 3.05) is 21.2 Å². The van der Waals surface area contributed by atoms with Gasteiger partial charge in [0.15, 0.2) is 0 Å². The molecule has 0 amide bonds. The minimum absolute atomic E-state index is 0. The average Bonchev–Trinajstić information content (AvgIpc) is 2.75. The van der Waals surface area contributed by atoms with E-state index in [1.54, 1.807) is 7.11 Å². The summed E-state index contributed by atoms with van der Waals surface area (Å²) in [5.41, 5.74) is 9.22. The van der Waals surface area contributed by atoms with Crippen LogP contribution in [0.5, 0.6) is 5.75 Å². The van der Waals surface area contributed by atoms with Crippen molar-refractivity contribution in [3.05, 3.63) is 101 Å². The van der Waals surface area contributed by atoms with Crippen LogP contribution in [0.15, 0.2) is 78.9 Å².